The van der Waals surface area contributed by atoms with Crippen LogP contribution in [0.2, 0.25) is 0 Å². The lowest BCUT2D eigenvalue weighted by molar-refractivity contribution is -0.121. The fourth-order valence-corrected chi connectivity index (χ4v) is 4.56. The smallest absolute Gasteiger partial charge is 0.317 e. The number of hydrogen-bond donors (Lipinski definition) is 2. The maximum Gasteiger partial charge on any atom is 0.317 e. The van der Waals surface area contributed by atoms with Crippen LogP contribution in [0.1, 0.15) is 51.9 Å². The van der Waals surface area contributed by atoms with E-state index in [0.717, 1.165) is 29.7 Å². The standard InChI is InChI=1S/C27H34FN5O3/c1-17(2)30-27(35)32-14-12-20(13-15-32)33-24-16-22(36-21-7-5-19(28)6-8-21)9-10-23(24)31-25(33)11-4-18(3)26(29)34/h5-10,16-18,20H,4,11-15H2,1-3H3,(H2,29,34)(H,30,35)/t18-/m1/s1. The third kappa shape index (κ3) is 5.95. The number of carbonyl (C=O) groups excluding carboxylic acids is 2. The maximum atomic E-state index is 13.3. The number of fused-ring (bicyclic) bond motifs is 1. The largest absolute Gasteiger partial charge is 0.457 e. The highest BCUT2D eigenvalue weighted by molar-refractivity contribution is 5.79. The first kappa shape index (κ1) is 25.5. The van der Waals surface area contributed by atoms with E-state index < -0.39 is 0 Å². The summed E-state index contributed by atoms with van der Waals surface area (Å²) in [5, 5.41) is 2.96. The number of piperidine rings is 1. The summed E-state index contributed by atoms with van der Waals surface area (Å²) >= 11 is 0. The number of aromatic nitrogens is 2. The first-order valence-electron chi connectivity index (χ1n) is 12.5. The Kier molecular flexibility index (Phi) is 7.76. The Hall–Kier alpha value is -3.62. The average Bonchev–Trinajstić information content (AvgIpc) is 3.21. The molecule has 1 aliphatic rings. The highest BCUT2D eigenvalue weighted by Crippen LogP contribution is 2.33. The molecule has 192 valence electrons. The van der Waals surface area contributed by atoms with E-state index in [1.165, 1.54) is 12.1 Å². The molecule has 3 N–H and O–H groups in total. The molecule has 8 nitrogen and oxygen atoms in total. The van der Waals surface area contributed by atoms with Gasteiger partial charge >= 0.3 is 6.03 Å². The number of aryl methyl sites for hydroxylation is 1. The van der Waals surface area contributed by atoms with Crippen molar-refractivity contribution >= 4 is 23.0 Å². The van der Waals surface area contributed by atoms with E-state index in [-0.39, 0.29) is 35.8 Å². The van der Waals surface area contributed by atoms with Crippen LogP contribution in [0, 0.1) is 11.7 Å². The summed E-state index contributed by atoms with van der Waals surface area (Å²) in [6.07, 6.45) is 2.80. The number of carbonyl (C=O) groups is 2. The summed E-state index contributed by atoms with van der Waals surface area (Å²) in [5.41, 5.74) is 7.26. The van der Waals surface area contributed by atoms with Crippen LogP contribution in [0.15, 0.2) is 42.5 Å². The van der Waals surface area contributed by atoms with Gasteiger partial charge in [-0.3, -0.25) is 4.79 Å². The van der Waals surface area contributed by atoms with Crippen LogP contribution in [0.5, 0.6) is 11.5 Å². The van der Waals surface area contributed by atoms with Crippen molar-refractivity contribution < 1.29 is 18.7 Å². The van der Waals surface area contributed by atoms with Crippen LogP contribution in [0.3, 0.4) is 0 Å². The summed E-state index contributed by atoms with van der Waals surface area (Å²) < 4.78 is 21.5. The quantitative estimate of drug-likeness (QED) is 0.470. The third-order valence-electron chi connectivity index (χ3n) is 6.60. The van der Waals surface area contributed by atoms with Crippen LogP contribution in [-0.4, -0.2) is 45.5 Å². The number of halogens is 1. The predicted molar refractivity (Wildman–Crippen MR) is 136 cm³/mol. The van der Waals surface area contributed by atoms with Crippen molar-refractivity contribution in [3.8, 4) is 11.5 Å². The second-order valence-electron chi connectivity index (χ2n) is 9.77. The number of rotatable bonds is 8. The van der Waals surface area contributed by atoms with Gasteiger partial charge in [-0.1, -0.05) is 6.92 Å². The Morgan fingerprint density at radius 1 is 1.11 bits per heavy atom. The summed E-state index contributed by atoms with van der Waals surface area (Å²) in [6.45, 7) is 7.02. The van der Waals surface area contributed by atoms with Gasteiger partial charge in [0.25, 0.3) is 0 Å². The molecule has 1 fully saturated rings. The number of ether oxygens (including phenoxy) is 1. The Morgan fingerprint density at radius 3 is 2.42 bits per heavy atom. The lowest BCUT2D eigenvalue weighted by atomic mass is 10.0. The van der Waals surface area contributed by atoms with E-state index in [9.17, 15) is 14.0 Å². The molecule has 4 rings (SSSR count). The first-order valence-corrected chi connectivity index (χ1v) is 12.5. The second kappa shape index (κ2) is 11.0. The molecule has 0 bridgehead atoms. The van der Waals surface area contributed by atoms with Gasteiger partial charge in [0.05, 0.1) is 11.0 Å². The molecule has 3 aromatic rings. The number of amides is 3. The number of benzene rings is 2. The molecule has 1 saturated heterocycles. The van der Waals surface area contributed by atoms with E-state index in [0.29, 0.717) is 37.4 Å². The number of hydrogen-bond acceptors (Lipinski definition) is 4. The number of primary amides is 1. The van der Waals surface area contributed by atoms with Gasteiger partial charge in [0.1, 0.15) is 23.1 Å². The van der Waals surface area contributed by atoms with Gasteiger partial charge in [0.2, 0.25) is 5.91 Å². The van der Waals surface area contributed by atoms with Crippen molar-refractivity contribution in [1.82, 2.24) is 19.8 Å². The molecule has 1 aliphatic heterocycles. The third-order valence-corrected chi connectivity index (χ3v) is 6.60. The molecule has 0 saturated carbocycles. The Morgan fingerprint density at radius 2 is 1.78 bits per heavy atom. The van der Waals surface area contributed by atoms with Gasteiger partial charge in [-0.15, -0.1) is 0 Å². The molecule has 0 radical (unpaired) electrons. The molecule has 36 heavy (non-hydrogen) atoms. The minimum atomic E-state index is -0.322. The normalized spacial score (nSPS) is 15.3. The zero-order chi connectivity index (χ0) is 25.8. The van der Waals surface area contributed by atoms with E-state index in [2.05, 4.69) is 9.88 Å². The molecular weight excluding hydrogens is 461 g/mol. The minimum Gasteiger partial charge on any atom is -0.457 e. The number of urea groups is 1. The van der Waals surface area contributed by atoms with Gasteiger partial charge in [-0.05, 0) is 69.5 Å². The summed E-state index contributed by atoms with van der Waals surface area (Å²) in [4.78, 5) is 30.8. The topological polar surface area (TPSA) is 102 Å². The van der Waals surface area contributed by atoms with Gasteiger partial charge in [-0.2, -0.15) is 0 Å². The van der Waals surface area contributed by atoms with E-state index >= 15 is 0 Å². The fraction of sp³-hybridized carbons (Fsp3) is 0.444. The predicted octanol–water partition coefficient (Wildman–Crippen LogP) is 4.78. The lowest BCUT2D eigenvalue weighted by Gasteiger charge is -2.34. The lowest BCUT2D eigenvalue weighted by Crippen LogP contribution is -2.46. The zero-order valence-corrected chi connectivity index (χ0v) is 21.0. The number of nitrogens with one attached hydrogen (secondary N) is 1. The highest BCUT2D eigenvalue weighted by Gasteiger charge is 2.27. The van der Waals surface area contributed by atoms with Gasteiger partial charge in [-0.25, -0.2) is 14.2 Å². The molecule has 1 atom stereocenters. The second-order valence-corrected chi connectivity index (χ2v) is 9.77. The van der Waals surface area contributed by atoms with E-state index in [4.69, 9.17) is 15.5 Å². The monoisotopic (exact) mass is 495 g/mol. The molecule has 0 aliphatic carbocycles. The number of nitrogens with zero attached hydrogens (tertiary/aromatic N) is 3. The first-order chi connectivity index (χ1) is 17.2. The van der Waals surface area contributed by atoms with Gasteiger partial charge in [0, 0.05) is 43.6 Å². The number of nitrogens with two attached hydrogens (primary N) is 1. The van der Waals surface area contributed by atoms with Crippen molar-refractivity contribution in [2.45, 2.75) is 58.5 Å². The summed E-state index contributed by atoms with van der Waals surface area (Å²) in [7, 11) is 0. The summed E-state index contributed by atoms with van der Waals surface area (Å²) in [5.74, 6) is 1.17. The molecular formula is C27H34FN5O3. The van der Waals surface area contributed by atoms with Crippen molar-refractivity contribution in [3.05, 3.63) is 54.1 Å². The molecule has 1 aromatic heterocycles. The van der Waals surface area contributed by atoms with Crippen molar-refractivity contribution in [3.63, 3.8) is 0 Å². The number of imidazole rings is 1. The molecule has 0 unspecified atom stereocenters. The van der Waals surface area contributed by atoms with E-state index in [1.807, 2.05) is 43.9 Å². The van der Waals surface area contributed by atoms with Crippen LogP contribution in [0.4, 0.5) is 9.18 Å². The van der Waals surface area contributed by atoms with Crippen LogP contribution in [0.25, 0.3) is 11.0 Å². The molecule has 0 spiro atoms. The fourth-order valence-electron chi connectivity index (χ4n) is 4.56. The Balaban J connectivity index is 1.61. The van der Waals surface area contributed by atoms with E-state index in [1.54, 1.807) is 12.1 Å². The zero-order valence-electron chi connectivity index (χ0n) is 21.0. The number of likely N-dealkylation sites (tertiary alicyclic amines) is 1. The Bertz CT molecular complexity index is 1220. The van der Waals surface area contributed by atoms with Crippen molar-refractivity contribution in [2.24, 2.45) is 11.7 Å². The maximum absolute atomic E-state index is 13.3. The van der Waals surface area contributed by atoms with Crippen molar-refractivity contribution in [2.75, 3.05) is 13.1 Å². The average molecular weight is 496 g/mol. The van der Waals surface area contributed by atoms with Gasteiger partial charge < -0.3 is 25.3 Å². The van der Waals surface area contributed by atoms with Crippen LogP contribution < -0.4 is 15.8 Å². The molecule has 2 heterocycles. The molecule has 3 amide bonds. The SMILES string of the molecule is CC(C)NC(=O)N1CCC(n2c(CC[C@@H](C)C(N)=O)nc3ccc(Oc4ccc(F)cc4)cc32)CC1. The van der Waals surface area contributed by atoms with Crippen LogP contribution >= 0.6 is 0 Å². The summed E-state index contributed by atoms with van der Waals surface area (Å²) in [6, 6.07) is 11.8. The molecule has 9 heteroatoms. The Labute approximate surface area is 210 Å². The highest BCUT2D eigenvalue weighted by atomic mass is 19.1. The minimum absolute atomic E-state index is 0.0376. The molecule has 2 aromatic carbocycles. The van der Waals surface area contributed by atoms with Crippen LogP contribution in [-0.2, 0) is 11.2 Å². The van der Waals surface area contributed by atoms with Gasteiger partial charge in [0.15, 0.2) is 0 Å². The van der Waals surface area contributed by atoms with Crippen molar-refractivity contribution in [1.29, 1.82) is 0 Å².